The molecule has 0 radical (unpaired) electrons. The molecule has 0 saturated carbocycles. The smallest absolute Gasteiger partial charge is 0.0274 e. The Morgan fingerprint density at radius 1 is 1.38 bits per heavy atom. The maximum atomic E-state index is 10.7. The van der Waals surface area contributed by atoms with Gasteiger partial charge < -0.3 is 0 Å². The van der Waals surface area contributed by atoms with Crippen LogP contribution in [0.3, 0.4) is 0 Å². The molecule has 8 heavy (non-hydrogen) atoms. The molecule has 0 amide bonds. The van der Waals surface area contributed by atoms with Crippen molar-refractivity contribution >= 4 is 18.7 Å². The van der Waals surface area contributed by atoms with Crippen LogP contribution < -0.4 is 0 Å². The van der Waals surface area contributed by atoms with E-state index in [1.54, 1.807) is 0 Å². The summed E-state index contributed by atoms with van der Waals surface area (Å²) in [4.78, 5) is 0. The van der Waals surface area contributed by atoms with Gasteiger partial charge in [-0.1, -0.05) is 0 Å². The summed E-state index contributed by atoms with van der Waals surface area (Å²) in [6, 6.07) is 0. The predicted octanol–water partition coefficient (Wildman–Crippen LogP) is 0.860. The average Bonchev–Trinajstić information content (AvgIpc) is 1.77. The summed E-state index contributed by atoms with van der Waals surface area (Å²) in [6.45, 7) is 2.30. The largest absolute Gasteiger partial charge is 0.260 e. The van der Waals surface area contributed by atoms with Crippen LogP contribution in [0.2, 0.25) is 0 Å². The third kappa shape index (κ3) is 1.83. The van der Waals surface area contributed by atoms with Gasteiger partial charge in [-0.05, 0) is 19.0 Å². The van der Waals surface area contributed by atoms with Crippen molar-refractivity contribution < 1.29 is 4.21 Å². The highest BCUT2D eigenvalue weighted by molar-refractivity contribution is 7.86. The minimum atomic E-state index is -0.445. The fourth-order valence-electron chi connectivity index (χ4n) is 0.729. The van der Waals surface area contributed by atoms with Gasteiger partial charge in [0.2, 0.25) is 0 Å². The molecule has 1 fully saturated rings. The van der Waals surface area contributed by atoms with Crippen LogP contribution >= 0.6 is 7.92 Å². The SMILES string of the molecule is CP1CCS(=O)CC1. The maximum Gasteiger partial charge on any atom is 0.0274 e. The zero-order chi connectivity index (χ0) is 5.98. The average molecular weight is 150 g/mol. The molecular weight excluding hydrogens is 139 g/mol. The zero-order valence-corrected chi connectivity index (χ0v) is 6.80. The summed E-state index contributed by atoms with van der Waals surface area (Å²) in [6.07, 6.45) is 2.48. The highest BCUT2D eigenvalue weighted by Crippen LogP contribution is 2.32. The van der Waals surface area contributed by atoms with Gasteiger partial charge in [0, 0.05) is 22.3 Å². The third-order valence-electron chi connectivity index (χ3n) is 1.40. The minimum absolute atomic E-state index is 0.289. The summed E-state index contributed by atoms with van der Waals surface area (Å²) < 4.78 is 10.7. The summed E-state index contributed by atoms with van der Waals surface area (Å²) >= 11 is 0. The van der Waals surface area contributed by atoms with Crippen LogP contribution in [-0.2, 0) is 10.8 Å². The maximum absolute atomic E-state index is 10.7. The molecule has 0 spiro atoms. The van der Waals surface area contributed by atoms with Crippen molar-refractivity contribution in [3.63, 3.8) is 0 Å². The van der Waals surface area contributed by atoms with Crippen LogP contribution in [0, 0.1) is 0 Å². The molecular formula is C5H11OPS. The Morgan fingerprint density at radius 3 is 2.25 bits per heavy atom. The number of hydrogen-bond acceptors (Lipinski definition) is 1. The lowest BCUT2D eigenvalue weighted by Crippen LogP contribution is -2.15. The van der Waals surface area contributed by atoms with Crippen LogP contribution in [0.4, 0.5) is 0 Å². The molecule has 0 aliphatic carbocycles. The van der Waals surface area contributed by atoms with E-state index in [2.05, 4.69) is 6.66 Å². The monoisotopic (exact) mass is 150 g/mol. The van der Waals surface area contributed by atoms with Gasteiger partial charge >= 0.3 is 0 Å². The van der Waals surface area contributed by atoms with Crippen molar-refractivity contribution in [3.05, 3.63) is 0 Å². The van der Waals surface area contributed by atoms with Crippen LogP contribution in [0.5, 0.6) is 0 Å². The highest BCUT2D eigenvalue weighted by atomic mass is 32.2. The van der Waals surface area contributed by atoms with Crippen molar-refractivity contribution in [1.82, 2.24) is 0 Å². The number of hydrogen-bond donors (Lipinski definition) is 0. The molecule has 1 nitrogen and oxygen atoms in total. The Morgan fingerprint density at radius 2 is 1.88 bits per heavy atom. The van der Waals surface area contributed by atoms with Gasteiger partial charge in [-0.2, -0.15) is 0 Å². The highest BCUT2D eigenvalue weighted by Gasteiger charge is 2.11. The van der Waals surface area contributed by atoms with E-state index in [4.69, 9.17) is 0 Å². The topological polar surface area (TPSA) is 17.1 Å². The molecule has 1 aliphatic heterocycles. The second-order valence-electron chi connectivity index (χ2n) is 2.15. The summed E-state index contributed by atoms with van der Waals surface area (Å²) in [5, 5.41) is 0. The number of rotatable bonds is 0. The van der Waals surface area contributed by atoms with Gasteiger partial charge in [0.1, 0.15) is 0 Å². The minimum Gasteiger partial charge on any atom is -0.260 e. The molecule has 1 saturated heterocycles. The van der Waals surface area contributed by atoms with E-state index in [1.165, 1.54) is 12.3 Å². The van der Waals surface area contributed by atoms with Crippen molar-refractivity contribution in [1.29, 1.82) is 0 Å². The molecule has 0 N–H and O–H groups in total. The molecule has 0 aromatic heterocycles. The third-order valence-corrected chi connectivity index (χ3v) is 5.30. The molecule has 0 aromatic rings. The van der Waals surface area contributed by atoms with Gasteiger partial charge in [0.05, 0.1) is 0 Å². The molecule has 0 bridgehead atoms. The summed E-state index contributed by atoms with van der Waals surface area (Å²) in [7, 11) is -0.156. The van der Waals surface area contributed by atoms with E-state index in [9.17, 15) is 4.21 Å². The van der Waals surface area contributed by atoms with Crippen LogP contribution in [0.1, 0.15) is 0 Å². The molecule has 0 aromatic carbocycles. The van der Waals surface area contributed by atoms with E-state index >= 15 is 0 Å². The first-order chi connectivity index (χ1) is 3.79. The normalized spacial score (nSPS) is 39.6. The van der Waals surface area contributed by atoms with E-state index in [1.807, 2.05) is 0 Å². The quantitative estimate of drug-likeness (QED) is 0.468. The Labute approximate surface area is 54.1 Å². The first kappa shape index (κ1) is 6.70. The standard InChI is InChI=1S/C5H11OPS/c1-7-2-4-8(6)5-3-7/h2-5H2,1H3. The second kappa shape index (κ2) is 2.93. The molecule has 0 atom stereocenters. The molecule has 1 heterocycles. The van der Waals surface area contributed by atoms with Gasteiger partial charge in [-0.15, -0.1) is 7.92 Å². The molecule has 3 heteroatoms. The van der Waals surface area contributed by atoms with Crippen molar-refractivity contribution in [2.75, 3.05) is 30.5 Å². The van der Waals surface area contributed by atoms with E-state index in [-0.39, 0.29) is 7.92 Å². The lowest BCUT2D eigenvalue weighted by atomic mass is 10.9. The van der Waals surface area contributed by atoms with Gasteiger partial charge in [-0.25, -0.2) is 0 Å². The van der Waals surface area contributed by atoms with Gasteiger partial charge in [-0.3, -0.25) is 4.21 Å². The Kier molecular flexibility index (Phi) is 2.45. The molecule has 1 rings (SSSR count). The predicted molar refractivity (Wildman–Crippen MR) is 40.5 cm³/mol. The van der Waals surface area contributed by atoms with Gasteiger partial charge in [0.15, 0.2) is 0 Å². The molecule has 1 aliphatic rings. The fraction of sp³-hybridized carbons (Fsp3) is 1.00. The second-order valence-corrected chi connectivity index (χ2v) is 6.45. The van der Waals surface area contributed by atoms with E-state index < -0.39 is 10.8 Å². The first-order valence-electron chi connectivity index (χ1n) is 2.82. The van der Waals surface area contributed by atoms with Crippen molar-refractivity contribution in [2.24, 2.45) is 0 Å². The summed E-state index contributed by atoms with van der Waals surface area (Å²) in [5.41, 5.74) is 0. The Bertz CT molecular complexity index is 94.6. The van der Waals surface area contributed by atoms with Crippen LogP contribution in [0.25, 0.3) is 0 Å². The Balaban J connectivity index is 2.29. The fourth-order valence-corrected chi connectivity index (χ4v) is 5.28. The summed E-state index contributed by atoms with van der Waals surface area (Å²) in [5.74, 6) is 1.95. The zero-order valence-electron chi connectivity index (χ0n) is 5.09. The lowest BCUT2D eigenvalue weighted by molar-refractivity contribution is 0.684. The van der Waals surface area contributed by atoms with E-state index in [0.717, 1.165) is 11.5 Å². The van der Waals surface area contributed by atoms with Gasteiger partial charge in [0.25, 0.3) is 0 Å². The van der Waals surface area contributed by atoms with Crippen molar-refractivity contribution in [3.8, 4) is 0 Å². The molecule has 0 unspecified atom stereocenters. The van der Waals surface area contributed by atoms with Crippen LogP contribution in [0.15, 0.2) is 0 Å². The first-order valence-corrected chi connectivity index (χ1v) is 6.47. The lowest BCUT2D eigenvalue weighted by Gasteiger charge is -2.16. The molecule has 48 valence electrons. The van der Waals surface area contributed by atoms with Crippen LogP contribution in [-0.4, -0.2) is 34.7 Å². The van der Waals surface area contributed by atoms with E-state index in [0.29, 0.717) is 0 Å². The Hall–Kier alpha value is 0.580. The van der Waals surface area contributed by atoms with Crippen molar-refractivity contribution in [2.45, 2.75) is 0 Å².